The summed E-state index contributed by atoms with van der Waals surface area (Å²) in [7, 11) is 0. The van der Waals surface area contributed by atoms with Gasteiger partial charge in [-0.15, -0.1) is 0 Å². The van der Waals surface area contributed by atoms with E-state index in [0.717, 1.165) is 11.4 Å². The van der Waals surface area contributed by atoms with Gasteiger partial charge in [-0.05, 0) is 47.1 Å². The lowest BCUT2D eigenvalue weighted by atomic mass is 10.0. The van der Waals surface area contributed by atoms with Crippen molar-refractivity contribution in [2.24, 2.45) is 0 Å². The van der Waals surface area contributed by atoms with Gasteiger partial charge in [-0.2, -0.15) is 8.78 Å². The first-order valence-corrected chi connectivity index (χ1v) is 6.29. The number of hydrogen-bond acceptors (Lipinski definition) is 2. The van der Waals surface area contributed by atoms with E-state index in [1.807, 2.05) is 0 Å². The molecule has 1 N–H and O–H groups in total. The summed E-state index contributed by atoms with van der Waals surface area (Å²) >= 11 is 5.43. The second kappa shape index (κ2) is 4.03. The maximum absolute atomic E-state index is 13.2. The molecule has 0 saturated heterocycles. The van der Waals surface area contributed by atoms with Crippen molar-refractivity contribution in [3.63, 3.8) is 0 Å². The normalized spacial score (nSPS) is 16.1. The number of alkyl halides is 3. The molecule has 1 atom stereocenters. The Hall–Kier alpha value is -0.460. The summed E-state index contributed by atoms with van der Waals surface area (Å²) in [5.41, 5.74) is -1.96. The van der Waals surface area contributed by atoms with E-state index >= 15 is 0 Å². The van der Waals surface area contributed by atoms with E-state index in [1.165, 1.54) is 6.07 Å². The largest absolute Gasteiger partial charge is 0.458 e. The van der Waals surface area contributed by atoms with Crippen molar-refractivity contribution < 1.29 is 18.3 Å². The molecule has 2 rings (SSSR count). The zero-order chi connectivity index (χ0) is 12.8. The summed E-state index contributed by atoms with van der Waals surface area (Å²) in [5.74, 6) is -0.188. The molecule has 1 unspecified atom stereocenters. The van der Waals surface area contributed by atoms with Crippen molar-refractivity contribution in [3.8, 4) is 0 Å². The third-order valence-electron chi connectivity index (χ3n) is 2.51. The van der Waals surface area contributed by atoms with Gasteiger partial charge in [0.25, 0.3) is 0 Å². The molecule has 0 aliphatic carbocycles. The van der Waals surface area contributed by atoms with Gasteiger partial charge in [0.05, 0.1) is 0 Å². The molecule has 2 aromatic rings. The second-order valence-electron chi connectivity index (χ2n) is 3.86. The van der Waals surface area contributed by atoms with Crippen LogP contribution < -0.4 is 0 Å². The van der Waals surface area contributed by atoms with E-state index in [-0.39, 0.29) is 5.76 Å². The second-order valence-corrected chi connectivity index (χ2v) is 5.77. The van der Waals surface area contributed by atoms with Crippen molar-refractivity contribution in [1.29, 1.82) is 0 Å². The highest BCUT2D eigenvalue weighted by Gasteiger charge is 2.50. The van der Waals surface area contributed by atoms with Gasteiger partial charge >= 0.3 is 4.83 Å². The van der Waals surface area contributed by atoms with Gasteiger partial charge in [-0.1, -0.05) is 15.9 Å². The third-order valence-corrected chi connectivity index (χ3v) is 3.78. The SMILES string of the molecule is CC(O)(c1cc2cc(Br)ccc2o1)C(F)(F)Br. The highest BCUT2D eigenvalue weighted by Crippen LogP contribution is 2.43. The number of rotatable bonds is 2. The molecule has 0 spiro atoms. The van der Waals surface area contributed by atoms with Crippen molar-refractivity contribution in [3.05, 3.63) is 34.5 Å². The van der Waals surface area contributed by atoms with Crippen LogP contribution in [0, 0.1) is 0 Å². The maximum Gasteiger partial charge on any atom is 0.336 e. The summed E-state index contributed by atoms with van der Waals surface area (Å²) in [5, 5.41) is 10.4. The van der Waals surface area contributed by atoms with E-state index < -0.39 is 10.4 Å². The van der Waals surface area contributed by atoms with E-state index in [2.05, 4.69) is 31.9 Å². The predicted molar refractivity (Wildman–Crippen MR) is 67.4 cm³/mol. The molecule has 6 heteroatoms. The molecule has 1 aromatic heterocycles. The first kappa shape index (κ1) is 13.0. The van der Waals surface area contributed by atoms with Crippen LogP contribution in [-0.2, 0) is 5.60 Å². The van der Waals surface area contributed by atoms with Crippen LogP contribution in [0.1, 0.15) is 12.7 Å². The van der Waals surface area contributed by atoms with Crippen LogP contribution in [0.3, 0.4) is 0 Å². The number of benzene rings is 1. The molecule has 0 radical (unpaired) electrons. The molecule has 1 heterocycles. The molecule has 0 saturated carbocycles. The van der Waals surface area contributed by atoms with E-state index in [1.54, 1.807) is 18.2 Å². The minimum atomic E-state index is -3.47. The minimum Gasteiger partial charge on any atom is -0.458 e. The highest BCUT2D eigenvalue weighted by molar-refractivity contribution is 9.10. The van der Waals surface area contributed by atoms with Crippen LogP contribution in [0.25, 0.3) is 11.0 Å². The number of furan rings is 1. The molecule has 0 aliphatic rings. The van der Waals surface area contributed by atoms with Gasteiger partial charge < -0.3 is 9.52 Å². The Bertz CT molecular complexity index is 558. The summed E-state index contributed by atoms with van der Waals surface area (Å²) in [6, 6.07) is 6.50. The Balaban J connectivity index is 2.57. The molecule has 0 amide bonds. The first-order valence-electron chi connectivity index (χ1n) is 4.70. The zero-order valence-electron chi connectivity index (χ0n) is 8.68. The monoisotopic (exact) mass is 368 g/mol. The highest BCUT2D eigenvalue weighted by atomic mass is 79.9. The molecule has 0 aliphatic heterocycles. The summed E-state index contributed by atoms with van der Waals surface area (Å²) in [6.45, 7) is 0.995. The zero-order valence-corrected chi connectivity index (χ0v) is 11.8. The van der Waals surface area contributed by atoms with Crippen molar-refractivity contribution in [1.82, 2.24) is 0 Å². The minimum absolute atomic E-state index is 0.188. The van der Waals surface area contributed by atoms with E-state index in [4.69, 9.17) is 4.42 Å². The van der Waals surface area contributed by atoms with Crippen LogP contribution in [0.5, 0.6) is 0 Å². The van der Waals surface area contributed by atoms with Crippen LogP contribution in [0.4, 0.5) is 8.78 Å². The molecule has 17 heavy (non-hydrogen) atoms. The van der Waals surface area contributed by atoms with Crippen LogP contribution in [0.2, 0.25) is 0 Å². The average molecular weight is 370 g/mol. The van der Waals surface area contributed by atoms with Crippen LogP contribution >= 0.6 is 31.9 Å². The number of hydrogen-bond donors (Lipinski definition) is 1. The molecule has 1 aromatic carbocycles. The lowest BCUT2D eigenvalue weighted by molar-refractivity contribution is -0.119. The van der Waals surface area contributed by atoms with Crippen molar-refractivity contribution in [2.75, 3.05) is 0 Å². The van der Waals surface area contributed by atoms with Crippen molar-refractivity contribution in [2.45, 2.75) is 17.4 Å². The average Bonchev–Trinajstić information content (AvgIpc) is 2.58. The van der Waals surface area contributed by atoms with E-state index in [9.17, 15) is 13.9 Å². The summed E-state index contributed by atoms with van der Waals surface area (Å²) in [6.07, 6.45) is 0. The van der Waals surface area contributed by atoms with Gasteiger partial charge in [0.1, 0.15) is 11.3 Å². The lowest BCUT2D eigenvalue weighted by Crippen LogP contribution is -2.37. The molecule has 2 nitrogen and oxygen atoms in total. The summed E-state index contributed by atoms with van der Waals surface area (Å²) < 4.78 is 32.4. The van der Waals surface area contributed by atoms with Crippen LogP contribution in [-0.4, -0.2) is 9.94 Å². The quantitative estimate of drug-likeness (QED) is 0.796. The van der Waals surface area contributed by atoms with Gasteiger partial charge in [0, 0.05) is 9.86 Å². The number of aliphatic hydroxyl groups is 1. The van der Waals surface area contributed by atoms with Gasteiger partial charge in [0.2, 0.25) is 0 Å². The van der Waals surface area contributed by atoms with Gasteiger partial charge in [0.15, 0.2) is 5.60 Å². The van der Waals surface area contributed by atoms with Gasteiger partial charge in [-0.3, -0.25) is 0 Å². The maximum atomic E-state index is 13.2. The fourth-order valence-corrected chi connectivity index (χ4v) is 1.97. The molecule has 92 valence electrons. The molecule has 0 bridgehead atoms. The van der Waals surface area contributed by atoms with Gasteiger partial charge in [-0.25, -0.2) is 0 Å². The fourth-order valence-electron chi connectivity index (χ4n) is 1.39. The Morgan fingerprint density at radius 3 is 2.53 bits per heavy atom. The Morgan fingerprint density at radius 2 is 1.94 bits per heavy atom. The first-order chi connectivity index (χ1) is 7.72. The number of fused-ring (bicyclic) bond motifs is 1. The molecular formula is C11H8Br2F2O2. The predicted octanol–water partition coefficient (Wildman–Crippen LogP) is 4.39. The topological polar surface area (TPSA) is 33.4 Å². The smallest absolute Gasteiger partial charge is 0.336 e. The Morgan fingerprint density at radius 1 is 1.29 bits per heavy atom. The Kier molecular flexibility index (Phi) is 3.08. The Labute approximate surface area is 113 Å². The summed E-state index contributed by atoms with van der Waals surface area (Å²) in [4.78, 5) is -3.47. The third kappa shape index (κ3) is 2.26. The lowest BCUT2D eigenvalue weighted by Gasteiger charge is -2.25. The fraction of sp³-hybridized carbons (Fsp3) is 0.273. The van der Waals surface area contributed by atoms with Crippen LogP contribution in [0.15, 0.2) is 33.2 Å². The van der Waals surface area contributed by atoms with E-state index in [0.29, 0.717) is 11.0 Å². The number of halogens is 4. The molecular weight excluding hydrogens is 362 g/mol. The van der Waals surface area contributed by atoms with Crippen molar-refractivity contribution >= 4 is 42.8 Å². The molecule has 0 fully saturated rings. The standard InChI is InChI=1S/C11H8Br2F2O2/c1-10(16,11(13,14)15)9-5-6-4-7(12)2-3-8(6)17-9/h2-5,16H,1H3.